The van der Waals surface area contributed by atoms with E-state index in [9.17, 15) is 29.1 Å². The number of amides is 4. The maximum Gasteiger partial charge on any atom is 0.326 e. The molecule has 0 spiro atoms. The number of rotatable bonds is 16. The van der Waals surface area contributed by atoms with E-state index in [0.717, 1.165) is 0 Å². The van der Waals surface area contributed by atoms with E-state index in [1.807, 2.05) is 20.1 Å². The minimum absolute atomic E-state index is 0.0259. The first kappa shape index (κ1) is 29.6. The van der Waals surface area contributed by atoms with Crippen LogP contribution in [0, 0.1) is 5.92 Å². The molecule has 0 fully saturated rings. The Hall–Kier alpha value is -2.38. The van der Waals surface area contributed by atoms with Gasteiger partial charge in [0.05, 0.1) is 6.61 Å². The molecule has 0 aliphatic rings. The molecule has 0 rings (SSSR count). The molecule has 0 saturated heterocycles. The topological polar surface area (TPSA) is 214 Å². The third-order valence-corrected chi connectivity index (χ3v) is 5.06. The van der Waals surface area contributed by atoms with Gasteiger partial charge < -0.3 is 37.6 Å². The van der Waals surface area contributed by atoms with E-state index in [1.165, 1.54) is 11.8 Å². The number of carbonyl (C=O) groups excluding carboxylic acids is 4. The fourth-order valence-corrected chi connectivity index (χ4v) is 3.13. The van der Waals surface area contributed by atoms with Gasteiger partial charge in [0.2, 0.25) is 23.6 Å². The minimum atomic E-state index is -1.28. The number of carboxylic acids is 1. The second-order valence-electron chi connectivity index (χ2n) is 7.73. The molecule has 0 aliphatic carbocycles. The maximum atomic E-state index is 12.8. The van der Waals surface area contributed by atoms with Crippen LogP contribution in [-0.2, 0) is 24.0 Å². The Balaban J connectivity index is 5.46. The molecule has 0 aliphatic heterocycles. The normalized spacial score (nSPS) is 14.7. The van der Waals surface area contributed by atoms with E-state index < -0.39 is 60.4 Å². The monoisotopic (exact) mass is 477 g/mol. The molecule has 0 heterocycles. The first-order valence-electron chi connectivity index (χ1n) is 10.2. The number of thioether (sulfide) groups is 1. The summed E-state index contributed by atoms with van der Waals surface area (Å²) in [5.41, 5.74) is 10.6. The molecular formula is C19H35N5O7S. The molecule has 0 aromatic rings. The standard InChI is InChI=1S/C19H35N5O7S/c1-10(2)8-14(18(29)23-13(19(30)31)6-7-32-3)24-17(28)12(4-5-15(21)26)22-16(27)11(20)9-25/h10-14,25H,4-9,20H2,1-3H3,(H2,21,26)(H,22,27)(H,23,29)(H,24,28)(H,30,31). The number of aliphatic hydroxyl groups is 1. The van der Waals surface area contributed by atoms with Crippen molar-refractivity contribution < 1.29 is 34.2 Å². The van der Waals surface area contributed by atoms with Gasteiger partial charge >= 0.3 is 5.97 Å². The van der Waals surface area contributed by atoms with Crippen LogP contribution in [0.15, 0.2) is 0 Å². The van der Waals surface area contributed by atoms with Gasteiger partial charge in [0.25, 0.3) is 0 Å². The third kappa shape index (κ3) is 11.9. The molecule has 4 amide bonds. The average molecular weight is 478 g/mol. The zero-order chi connectivity index (χ0) is 24.8. The van der Waals surface area contributed by atoms with E-state index in [2.05, 4.69) is 16.0 Å². The molecule has 0 saturated carbocycles. The van der Waals surface area contributed by atoms with Gasteiger partial charge in [0.1, 0.15) is 24.2 Å². The summed E-state index contributed by atoms with van der Waals surface area (Å²) < 4.78 is 0. The minimum Gasteiger partial charge on any atom is -0.480 e. The number of primary amides is 1. The lowest BCUT2D eigenvalue weighted by atomic mass is 10.0. The number of aliphatic carboxylic acids is 1. The van der Waals surface area contributed by atoms with Crippen molar-refractivity contribution in [3.63, 3.8) is 0 Å². The molecule has 12 nitrogen and oxygen atoms in total. The van der Waals surface area contributed by atoms with Gasteiger partial charge in [-0.3, -0.25) is 19.2 Å². The summed E-state index contributed by atoms with van der Waals surface area (Å²) in [4.78, 5) is 60.2. The smallest absolute Gasteiger partial charge is 0.326 e. The number of hydrogen-bond donors (Lipinski definition) is 7. The molecule has 9 N–H and O–H groups in total. The van der Waals surface area contributed by atoms with Crippen molar-refractivity contribution in [2.45, 2.75) is 63.7 Å². The van der Waals surface area contributed by atoms with Gasteiger partial charge in [-0.05, 0) is 37.2 Å². The highest BCUT2D eigenvalue weighted by Crippen LogP contribution is 2.09. The summed E-state index contributed by atoms with van der Waals surface area (Å²) >= 11 is 1.44. The summed E-state index contributed by atoms with van der Waals surface area (Å²) in [6.07, 6.45) is 1.86. The second-order valence-corrected chi connectivity index (χ2v) is 8.71. The molecule has 4 atom stereocenters. The van der Waals surface area contributed by atoms with Gasteiger partial charge in [-0.1, -0.05) is 13.8 Å². The van der Waals surface area contributed by atoms with Crippen molar-refractivity contribution >= 4 is 41.4 Å². The van der Waals surface area contributed by atoms with E-state index in [1.54, 1.807) is 0 Å². The van der Waals surface area contributed by atoms with Crippen LogP contribution < -0.4 is 27.4 Å². The Labute approximate surface area is 191 Å². The van der Waals surface area contributed by atoms with E-state index in [4.69, 9.17) is 16.6 Å². The van der Waals surface area contributed by atoms with Crippen molar-refractivity contribution in [2.75, 3.05) is 18.6 Å². The van der Waals surface area contributed by atoms with Crippen LogP contribution in [0.5, 0.6) is 0 Å². The number of carboxylic acid groups (broad SMARTS) is 1. The zero-order valence-electron chi connectivity index (χ0n) is 18.6. The van der Waals surface area contributed by atoms with Crippen LogP contribution in [0.25, 0.3) is 0 Å². The van der Waals surface area contributed by atoms with Gasteiger partial charge in [-0.25, -0.2) is 4.79 Å². The van der Waals surface area contributed by atoms with Crippen molar-refractivity contribution in [3.8, 4) is 0 Å². The molecule has 0 aromatic heterocycles. The second kappa shape index (κ2) is 15.4. The molecular weight excluding hydrogens is 442 g/mol. The van der Waals surface area contributed by atoms with E-state index >= 15 is 0 Å². The third-order valence-electron chi connectivity index (χ3n) is 4.41. The van der Waals surface area contributed by atoms with Gasteiger partial charge in [-0.15, -0.1) is 0 Å². The Bertz CT molecular complexity index is 662. The van der Waals surface area contributed by atoms with Gasteiger partial charge in [-0.2, -0.15) is 11.8 Å². The Kier molecular flexibility index (Phi) is 14.3. The van der Waals surface area contributed by atoms with Crippen LogP contribution in [0.1, 0.15) is 39.5 Å². The number of nitrogens with two attached hydrogens (primary N) is 2. The molecule has 0 radical (unpaired) electrons. The largest absolute Gasteiger partial charge is 0.480 e. The van der Waals surface area contributed by atoms with Crippen molar-refractivity contribution in [1.29, 1.82) is 0 Å². The molecule has 32 heavy (non-hydrogen) atoms. The number of hydrogen-bond acceptors (Lipinski definition) is 8. The highest BCUT2D eigenvalue weighted by Gasteiger charge is 2.30. The fraction of sp³-hybridized carbons (Fsp3) is 0.737. The SMILES string of the molecule is CSCCC(NC(=O)C(CC(C)C)NC(=O)C(CCC(N)=O)NC(=O)C(N)CO)C(=O)O. The summed E-state index contributed by atoms with van der Waals surface area (Å²) in [5.74, 6) is -3.64. The average Bonchev–Trinajstić information content (AvgIpc) is 2.71. The molecule has 4 unspecified atom stereocenters. The highest BCUT2D eigenvalue weighted by molar-refractivity contribution is 7.98. The first-order chi connectivity index (χ1) is 14.9. The quantitative estimate of drug-likeness (QED) is 0.129. The molecule has 0 bridgehead atoms. The van der Waals surface area contributed by atoms with Crippen molar-refractivity contribution in [3.05, 3.63) is 0 Å². The Morgan fingerprint density at radius 1 is 0.906 bits per heavy atom. The number of nitrogens with one attached hydrogen (secondary N) is 3. The summed E-state index contributed by atoms with van der Waals surface area (Å²) in [5, 5.41) is 25.7. The van der Waals surface area contributed by atoms with Gasteiger partial charge in [0, 0.05) is 6.42 Å². The lowest BCUT2D eigenvalue weighted by molar-refractivity contribution is -0.142. The van der Waals surface area contributed by atoms with Crippen molar-refractivity contribution in [2.24, 2.45) is 17.4 Å². The fourth-order valence-electron chi connectivity index (χ4n) is 2.66. The number of aliphatic hydroxyl groups excluding tert-OH is 1. The van der Waals surface area contributed by atoms with Crippen LogP contribution in [0.3, 0.4) is 0 Å². The predicted molar refractivity (Wildman–Crippen MR) is 119 cm³/mol. The highest BCUT2D eigenvalue weighted by atomic mass is 32.2. The molecule has 0 aromatic carbocycles. The lowest BCUT2D eigenvalue weighted by Gasteiger charge is -2.26. The van der Waals surface area contributed by atoms with Crippen LogP contribution in [0.4, 0.5) is 0 Å². The first-order valence-corrected chi connectivity index (χ1v) is 11.6. The maximum absolute atomic E-state index is 12.8. The molecule has 13 heteroatoms. The zero-order valence-corrected chi connectivity index (χ0v) is 19.4. The summed E-state index contributed by atoms with van der Waals surface area (Å²) in [6, 6.07) is -4.70. The lowest BCUT2D eigenvalue weighted by Crippen LogP contribution is -2.57. The van der Waals surface area contributed by atoms with E-state index in [-0.39, 0.29) is 31.6 Å². The Morgan fingerprint density at radius 2 is 1.44 bits per heavy atom. The summed E-state index contributed by atoms with van der Waals surface area (Å²) in [6.45, 7) is 2.99. The van der Waals surface area contributed by atoms with Crippen LogP contribution >= 0.6 is 11.8 Å². The van der Waals surface area contributed by atoms with Crippen molar-refractivity contribution in [1.82, 2.24) is 16.0 Å². The number of carbonyl (C=O) groups is 5. The predicted octanol–water partition coefficient (Wildman–Crippen LogP) is -2.09. The van der Waals surface area contributed by atoms with Crippen LogP contribution in [-0.4, -0.2) is 82.6 Å². The Morgan fingerprint density at radius 3 is 1.91 bits per heavy atom. The van der Waals surface area contributed by atoms with E-state index in [0.29, 0.717) is 5.75 Å². The van der Waals surface area contributed by atoms with Gasteiger partial charge in [0.15, 0.2) is 0 Å². The molecule has 184 valence electrons. The summed E-state index contributed by atoms with van der Waals surface area (Å²) in [7, 11) is 0. The van der Waals surface area contributed by atoms with Crippen LogP contribution in [0.2, 0.25) is 0 Å².